The number of aromatic nitrogens is 6. The molecule has 0 spiro atoms. The van der Waals surface area contributed by atoms with Gasteiger partial charge in [0.2, 0.25) is 0 Å². The summed E-state index contributed by atoms with van der Waals surface area (Å²) in [5.74, 6) is 1.53. The average Bonchev–Trinajstić information content (AvgIpc) is 4.16. The van der Waals surface area contributed by atoms with Gasteiger partial charge in [0.25, 0.3) is 0 Å². The summed E-state index contributed by atoms with van der Waals surface area (Å²) in [5.41, 5.74) is 10.5. The first-order valence-electron chi connectivity index (χ1n) is 27.0. The number of carbonyl (C=O) groups excluding carboxylic acids is 2. The Morgan fingerprint density at radius 1 is 0.623 bits per heavy atom. The lowest BCUT2D eigenvalue weighted by Crippen LogP contribution is -2.37. The number of rotatable bonds is 20. The number of allylic oxidation sites excluding steroid dienone is 11. The molecule has 0 amide bonds. The predicted molar refractivity (Wildman–Crippen MR) is 316 cm³/mol. The van der Waals surface area contributed by atoms with Crippen molar-refractivity contribution in [1.82, 2.24) is 29.2 Å². The van der Waals surface area contributed by atoms with Crippen molar-refractivity contribution in [3.05, 3.63) is 223 Å². The van der Waals surface area contributed by atoms with Gasteiger partial charge in [-0.3, -0.25) is 9.59 Å². The molecule has 0 aliphatic carbocycles. The molecule has 2 aliphatic heterocycles. The molecule has 9 rings (SSSR count). The van der Waals surface area contributed by atoms with Crippen molar-refractivity contribution in [2.24, 2.45) is 5.92 Å². The number of Topliss-reactive ketones (excluding diaryl/α,β-unsaturated/α-hetero) is 2. The van der Waals surface area contributed by atoms with Crippen molar-refractivity contribution < 1.29 is 19.1 Å². The minimum Gasteiger partial charge on any atom is -0.378 e. The Hall–Kier alpha value is -8.06. The van der Waals surface area contributed by atoms with Crippen molar-refractivity contribution in [2.45, 2.75) is 66.2 Å². The fourth-order valence-electron chi connectivity index (χ4n) is 9.54. The molecule has 77 heavy (non-hydrogen) atoms. The van der Waals surface area contributed by atoms with E-state index < -0.39 is 5.92 Å². The van der Waals surface area contributed by atoms with E-state index in [-0.39, 0.29) is 23.9 Å². The molecule has 12 nitrogen and oxygen atoms in total. The minimum atomic E-state index is -0.570. The van der Waals surface area contributed by atoms with Crippen LogP contribution in [0.2, 0.25) is 0 Å². The maximum Gasteiger partial charge on any atom is 0.166 e. The predicted octanol–water partition coefficient (Wildman–Crippen LogP) is 13.4. The van der Waals surface area contributed by atoms with Gasteiger partial charge >= 0.3 is 0 Å². The standard InChI is InChI=1S/C34H34N4O3.C29H34N4O.C2H6/c1-3-11-25(12-4-2)30-24-32-35-29(23-33(38(32)36-30)37-17-19-41-20-18-37)21-28(34(40)27-15-9-6-10-16-27)22-31(39)26-13-7-5-8-14-26;1-5-11-25(12-6-2)27-20-28-30-26(21-29(33(28)31-27)32-15-17-34-18-16-32)23(7-3)19-22(4)24-13-9-8-10-14-24;1-2/h3-16,23-24,28H,1,17-22H2,2H3;5-6,8-14,20-21,23H,1,4,7,15-19H2,2-3H3;1-2H3/b12-4-,25-11+;12-6-,25-11+;. The molecule has 2 unspecified atom stereocenters. The van der Waals surface area contributed by atoms with Gasteiger partial charge in [-0.2, -0.15) is 19.2 Å². The van der Waals surface area contributed by atoms with E-state index in [4.69, 9.17) is 29.6 Å². The van der Waals surface area contributed by atoms with E-state index in [1.54, 1.807) is 36.4 Å². The van der Waals surface area contributed by atoms with Crippen LogP contribution in [0.15, 0.2) is 184 Å². The Morgan fingerprint density at radius 3 is 1.57 bits per heavy atom. The van der Waals surface area contributed by atoms with Crippen LogP contribution in [0.25, 0.3) is 28.0 Å². The van der Waals surface area contributed by atoms with Crippen molar-refractivity contribution >= 4 is 51.2 Å². The zero-order valence-corrected chi connectivity index (χ0v) is 45.6. The van der Waals surface area contributed by atoms with Crippen molar-refractivity contribution in [1.29, 1.82) is 0 Å². The number of anilines is 2. The first-order chi connectivity index (χ1) is 37.7. The van der Waals surface area contributed by atoms with Crippen LogP contribution in [0, 0.1) is 5.92 Å². The molecule has 0 saturated carbocycles. The van der Waals surface area contributed by atoms with Crippen molar-refractivity contribution in [3.63, 3.8) is 0 Å². The summed E-state index contributed by atoms with van der Waals surface area (Å²) in [4.78, 5) is 41.7. The first-order valence-corrected chi connectivity index (χ1v) is 27.0. The number of carbonyl (C=O) groups is 2. The Kier molecular flexibility index (Phi) is 21.1. The van der Waals surface area contributed by atoms with E-state index in [1.165, 1.54) is 5.56 Å². The SMILES string of the molecule is C=C/C=C(\C=C/C)c1cc2nc(C(CC)CC(=C)c3ccccc3)cc(N3CCOCC3)n2n1.C=C/C=C(\C=C/C)c1cc2nc(CC(CC(=O)c3ccccc3)C(=O)c3ccccc3)cc(N3CCOCC3)n2n1.CC. The molecule has 398 valence electrons. The number of morpholine rings is 2. The number of ketones is 2. The molecular weight excluding hydrogens is 957 g/mol. The van der Waals surface area contributed by atoms with Gasteiger partial charge in [-0.1, -0.05) is 180 Å². The average molecular weight is 1030 g/mol. The van der Waals surface area contributed by atoms with Crippen LogP contribution < -0.4 is 9.80 Å². The molecule has 2 aliphatic rings. The summed E-state index contributed by atoms with van der Waals surface area (Å²) in [7, 11) is 0. The fourth-order valence-corrected chi connectivity index (χ4v) is 9.54. The largest absolute Gasteiger partial charge is 0.378 e. The van der Waals surface area contributed by atoms with Gasteiger partial charge < -0.3 is 19.3 Å². The van der Waals surface area contributed by atoms with Crippen LogP contribution in [0.4, 0.5) is 11.6 Å². The molecule has 4 aromatic heterocycles. The molecule has 3 aromatic carbocycles. The maximum atomic E-state index is 13.8. The third-order valence-electron chi connectivity index (χ3n) is 13.4. The van der Waals surface area contributed by atoms with Gasteiger partial charge in [-0.05, 0) is 37.8 Å². The first kappa shape index (κ1) is 56.7. The van der Waals surface area contributed by atoms with E-state index in [9.17, 15) is 9.59 Å². The summed E-state index contributed by atoms with van der Waals surface area (Å²) in [6.45, 7) is 28.1. The number of fused-ring (bicyclic) bond motifs is 2. The third kappa shape index (κ3) is 14.7. The van der Waals surface area contributed by atoms with Crippen LogP contribution in [0.5, 0.6) is 0 Å². The smallest absolute Gasteiger partial charge is 0.166 e. The van der Waals surface area contributed by atoms with Gasteiger partial charge in [0.15, 0.2) is 22.9 Å². The molecule has 2 atom stereocenters. The highest BCUT2D eigenvalue weighted by Gasteiger charge is 2.27. The molecule has 7 aromatic rings. The lowest BCUT2D eigenvalue weighted by molar-refractivity contribution is 0.0851. The van der Waals surface area contributed by atoms with E-state index in [0.29, 0.717) is 36.4 Å². The normalized spacial score (nSPS) is 14.9. The molecule has 0 radical (unpaired) electrons. The van der Waals surface area contributed by atoms with Crippen molar-refractivity contribution in [2.75, 3.05) is 62.4 Å². The Morgan fingerprint density at radius 2 is 1.09 bits per heavy atom. The summed E-state index contributed by atoms with van der Waals surface area (Å²) in [6, 6.07) is 37.0. The topological polar surface area (TPSA) is 119 Å². The summed E-state index contributed by atoms with van der Waals surface area (Å²) in [6.07, 6.45) is 17.7. The van der Waals surface area contributed by atoms with E-state index in [1.807, 2.05) is 122 Å². The summed E-state index contributed by atoms with van der Waals surface area (Å²) >= 11 is 0. The zero-order valence-electron chi connectivity index (χ0n) is 45.6. The summed E-state index contributed by atoms with van der Waals surface area (Å²) < 4.78 is 15.0. The van der Waals surface area contributed by atoms with Crippen LogP contribution in [0.1, 0.15) is 109 Å². The monoisotopic (exact) mass is 1030 g/mol. The molecular formula is C65H74N8O4. The number of hydrogen-bond donors (Lipinski definition) is 0. The minimum absolute atomic E-state index is 0.0634. The van der Waals surface area contributed by atoms with Crippen LogP contribution in [0.3, 0.4) is 0 Å². The van der Waals surface area contributed by atoms with Crippen molar-refractivity contribution in [3.8, 4) is 0 Å². The second-order valence-electron chi connectivity index (χ2n) is 18.6. The van der Waals surface area contributed by atoms with Gasteiger partial charge in [0.05, 0.1) is 37.8 Å². The number of ether oxygens (including phenoxy) is 2. The highest BCUT2D eigenvalue weighted by molar-refractivity contribution is 6.03. The lowest BCUT2D eigenvalue weighted by atomic mass is 9.87. The van der Waals surface area contributed by atoms with Gasteiger partial charge in [0, 0.05) is 109 Å². The number of nitrogens with zero attached hydrogens (tertiary/aromatic N) is 8. The van der Waals surface area contributed by atoms with E-state index in [0.717, 1.165) is 109 Å². The fraction of sp³-hybridized carbons (Fsp3) is 0.292. The highest BCUT2D eigenvalue weighted by Crippen LogP contribution is 2.33. The maximum absolute atomic E-state index is 13.8. The third-order valence-corrected chi connectivity index (χ3v) is 13.4. The second-order valence-corrected chi connectivity index (χ2v) is 18.6. The zero-order chi connectivity index (χ0) is 54.5. The number of benzene rings is 3. The van der Waals surface area contributed by atoms with E-state index in [2.05, 4.69) is 78.9 Å². The van der Waals surface area contributed by atoms with E-state index >= 15 is 0 Å². The quantitative estimate of drug-likeness (QED) is 0.0539. The van der Waals surface area contributed by atoms with Gasteiger partial charge in [0.1, 0.15) is 11.6 Å². The van der Waals surface area contributed by atoms with Crippen LogP contribution in [-0.4, -0.2) is 93.4 Å². The molecule has 12 heteroatoms. The molecule has 0 bridgehead atoms. The second kappa shape index (κ2) is 28.7. The van der Waals surface area contributed by atoms with Crippen LogP contribution in [-0.2, 0) is 15.9 Å². The van der Waals surface area contributed by atoms with Gasteiger partial charge in [-0.25, -0.2) is 9.97 Å². The van der Waals surface area contributed by atoms with Crippen LogP contribution >= 0.6 is 0 Å². The molecule has 6 heterocycles. The highest BCUT2D eigenvalue weighted by atomic mass is 16.5. The molecule has 2 saturated heterocycles. The lowest BCUT2D eigenvalue weighted by Gasteiger charge is -2.29. The Labute approximate surface area is 455 Å². The Balaban J connectivity index is 0.000000220. The molecule has 2 fully saturated rings. The Bertz CT molecular complexity index is 3210. The summed E-state index contributed by atoms with van der Waals surface area (Å²) in [5, 5.41) is 9.85. The molecule has 0 N–H and O–H groups in total. The number of hydrogen-bond acceptors (Lipinski definition) is 10. The van der Waals surface area contributed by atoms with Gasteiger partial charge in [-0.15, -0.1) is 0 Å².